The number of amides is 1. The lowest BCUT2D eigenvalue weighted by molar-refractivity contribution is 0.0184. The van der Waals surface area contributed by atoms with Crippen molar-refractivity contribution in [2.45, 2.75) is 25.0 Å². The van der Waals surface area contributed by atoms with E-state index in [0.717, 1.165) is 0 Å². The second-order valence-electron chi connectivity index (χ2n) is 6.30. The number of sulfonamides is 1. The smallest absolute Gasteiger partial charge is 0.267 e. The van der Waals surface area contributed by atoms with Crippen molar-refractivity contribution < 1.29 is 13.2 Å². The first-order valence-corrected chi connectivity index (χ1v) is 10.3. The van der Waals surface area contributed by atoms with Crippen molar-refractivity contribution in [3.63, 3.8) is 0 Å². The standard InChI is InChI=1S/C19H20N4O3S/c1-3-21(4-2)19-22(18(24)14-10-6-5-7-11-14)20-17-15-12-8-9-13-16(15)27(25,26)23(17)19/h5-13,19H,3-4H2,1-2H3/t19-/m1/s1. The molecule has 0 N–H and O–H groups in total. The molecular formula is C19H20N4O3S. The molecule has 0 bridgehead atoms. The Balaban J connectivity index is 1.87. The van der Waals surface area contributed by atoms with E-state index in [2.05, 4.69) is 5.10 Å². The van der Waals surface area contributed by atoms with Gasteiger partial charge >= 0.3 is 0 Å². The van der Waals surface area contributed by atoms with E-state index in [0.29, 0.717) is 30.1 Å². The minimum absolute atomic E-state index is 0.229. The van der Waals surface area contributed by atoms with Gasteiger partial charge in [0, 0.05) is 11.1 Å². The van der Waals surface area contributed by atoms with Crippen LogP contribution in [0.15, 0.2) is 64.6 Å². The van der Waals surface area contributed by atoms with Crippen molar-refractivity contribution in [3.05, 3.63) is 65.7 Å². The number of amidine groups is 1. The van der Waals surface area contributed by atoms with Gasteiger partial charge in [0.2, 0.25) is 0 Å². The molecular weight excluding hydrogens is 364 g/mol. The second-order valence-corrected chi connectivity index (χ2v) is 8.09. The summed E-state index contributed by atoms with van der Waals surface area (Å²) in [6.45, 7) is 5.01. The molecule has 0 radical (unpaired) electrons. The summed E-state index contributed by atoms with van der Waals surface area (Å²) in [5.41, 5.74) is 0.990. The average molecular weight is 384 g/mol. The highest BCUT2D eigenvalue weighted by molar-refractivity contribution is 7.90. The lowest BCUT2D eigenvalue weighted by atomic mass is 10.2. The molecule has 0 spiro atoms. The van der Waals surface area contributed by atoms with E-state index in [-0.39, 0.29) is 10.8 Å². The lowest BCUT2D eigenvalue weighted by Crippen LogP contribution is -2.55. The summed E-state index contributed by atoms with van der Waals surface area (Å²) in [4.78, 5) is 15.3. The number of carbonyl (C=O) groups excluding carboxylic acids is 1. The van der Waals surface area contributed by atoms with Gasteiger partial charge in [-0.15, -0.1) is 5.10 Å². The van der Waals surface area contributed by atoms with Gasteiger partial charge in [-0.1, -0.05) is 44.2 Å². The third-order valence-electron chi connectivity index (χ3n) is 4.87. The molecule has 0 saturated carbocycles. The lowest BCUT2D eigenvalue weighted by Gasteiger charge is -2.35. The van der Waals surface area contributed by atoms with Crippen LogP contribution < -0.4 is 0 Å². The van der Waals surface area contributed by atoms with E-state index >= 15 is 0 Å². The molecule has 1 amide bonds. The van der Waals surface area contributed by atoms with E-state index in [1.54, 1.807) is 48.5 Å². The molecule has 0 fully saturated rings. The summed E-state index contributed by atoms with van der Waals surface area (Å²) in [5, 5.41) is 5.75. The minimum Gasteiger partial charge on any atom is -0.267 e. The number of hydrogen-bond acceptors (Lipinski definition) is 5. The zero-order chi connectivity index (χ0) is 19.2. The molecule has 2 aliphatic rings. The number of fused-ring (bicyclic) bond motifs is 3. The third kappa shape index (κ3) is 2.55. The minimum atomic E-state index is -3.78. The van der Waals surface area contributed by atoms with Gasteiger partial charge in [-0.25, -0.2) is 12.7 Å². The van der Waals surface area contributed by atoms with Crippen molar-refractivity contribution in [1.29, 1.82) is 0 Å². The summed E-state index contributed by atoms with van der Waals surface area (Å²) >= 11 is 0. The number of benzene rings is 2. The topological polar surface area (TPSA) is 73.3 Å². The van der Waals surface area contributed by atoms with Gasteiger partial charge in [0.1, 0.15) is 0 Å². The Morgan fingerprint density at radius 2 is 1.67 bits per heavy atom. The van der Waals surface area contributed by atoms with E-state index in [1.165, 1.54) is 9.31 Å². The van der Waals surface area contributed by atoms with Crippen molar-refractivity contribution in [2.75, 3.05) is 13.1 Å². The van der Waals surface area contributed by atoms with Crippen molar-refractivity contribution in [2.24, 2.45) is 5.10 Å². The molecule has 2 aromatic carbocycles. The Bertz CT molecular complexity index is 1020. The zero-order valence-electron chi connectivity index (χ0n) is 15.1. The van der Waals surface area contributed by atoms with Crippen LogP contribution in [0.5, 0.6) is 0 Å². The Labute approximate surface area is 158 Å². The highest BCUT2D eigenvalue weighted by Crippen LogP contribution is 2.38. The molecule has 0 unspecified atom stereocenters. The van der Waals surface area contributed by atoms with E-state index in [9.17, 15) is 13.2 Å². The Morgan fingerprint density at radius 3 is 2.33 bits per heavy atom. The van der Waals surface area contributed by atoms with Crippen molar-refractivity contribution in [3.8, 4) is 0 Å². The molecule has 2 aliphatic heterocycles. The first-order valence-electron chi connectivity index (χ1n) is 8.85. The van der Waals surface area contributed by atoms with Gasteiger partial charge in [-0.05, 0) is 37.4 Å². The van der Waals surface area contributed by atoms with Crippen LogP contribution in [-0.2, 0) is 10.0 Å². The summed E-state index contributed by atoms with van der Waals surface area (Å²) in [5.74, 6) is -0.0335. The molecule has 0 aromatic heterocycles. The summed E-state index contributed by atoms with van der Waals surface area (Å²) in [6, 6.07) is 15.5. The number of nitrogens with zero attached hydrogens (tertiary/aromatic N) is 4. The number of hydrazone groups is 1. The first-order chi connectivity index (χ1) is 13.0. The molecule has 8 heteroatoms. The van der Waals surface area contributed by atoms with Crippen LogP contribution in [0.3, 0.4) is 0 Å². The third-order valence-corrected chi connectivity index (χ3v) is 6.66. The molecule has 0 aliphatic carbocycles. The first kappa shape index (κ1) is 17.7. The van der Waals surface area contributed by atoms with Crippen LogP contribution in [0.25, 0.3) is 0 Å². The van der Waals surface area contributed by atoms with E-state index in [1.807, 2.05) is 24.8 Å². The van der Waals surface area contributed by atoms with Gasteiger partial charge in [0.15, 0.2) is 12.1 Å². The van der Waals surface area contributed by atoms with Crippen molar-refractivity contribution >= 4 is 21.8 Å². The van der Waals surface area contributed by atoms with Crippen LogP contribution in [0.2, 0.25) is 0 Å². The predicted molar refractivity (Wildman–Crippen MR) is 101 cm³/mol. The van der Waals surface area contributed by atoms with Crippen LogP contribution >= 0.6 is 0 Å². The van der Waals surface area contributed by atoms with Gasteiger partial charge in [-0.2, -0.15) is 5.01 Å². The molecule has 0 saturated heterocycles. The number of carbonyl (C=O) groups is 1. The highest BCUT2D eigenvalue weighted by atomic mass is 32.2. The van der Waals surface area contributed by atoms with E-state index in [4.69, 9.17) is 0 Å². The summed E-state index contributed by atoms with van der Waals surface area (Å²) in [6.07, 6.45) is -0.819. The molecule has 4 rings (SSSR count). The quantitative estimate of drug-likeness (QED) is 0.810. The summed E-state index contributed by atoms with van der Waals surface area (Å²) in [7, 11) is -3.78. The molecule has 2 aromatic rings. The second kappa shape index (κ2) is 6.47. The van der Waals surface area contributed by atoms with Crippen LogP contribution in [0.1, 0.15) is 29.8 Å². The maximum absolute atomic E-state index is 13.2. The largest absolute Gasteiger partial charge is 0.277 e. The highest BCUT2D eigenvalue weighted by Gasteiger charge is 2.52. The zero-order valence-corrected chi connectivity index (χ0v) is 15.9. The van der Waals surface area contributed by atoms with Gasteiger partial charge in [0.05, 0.1) is 4.90 Å². The Hall–Kier alpha value is -2.71. The fraction of sp³-hybridized carbons (Fsp3) is 0.263. The van der Waals surface area contributed by atoms with Crippen LogP contribution in [-0.4, -0.2) is 53.8 Å². The van der Waals surface area contributed by atoms with Crippen LogP contribution in [0.4, 0.5) is 0 Å². The maximum atomic E-state index is 13.2. The van der Waals surface area contributed by atoms with Gasteiger partial charge in [0.25, 0.3) is 15.9 Å². The number of rotatable bonds is 4. The molecule has 1 atom stereocenters. The van der Waals surface area contributed by atoms with E-state index < -0.39 is 16.3 Å². The van der Waals surface area contributed by atoms with Crippen molar-refractivity contribution in [1.82, 2.24) is 14.2 Å². The van der Waals surface area contributed by atoms with Gasteiger partial charge < -0.3 is 0 Å². The predicted octanol–water partition coefficient (Wildman–Crippen LogP) is 2.13. The fourth-order valence-electron chi connectivity index (χ4n) is 3.52. The number of hydrogen-bond donors (Lipinski definition) is 0. The molecule has 27 heavy (non-hydrogen) atoms. The SMILES string of the molecule is CCN(CC)[C@@H]1N(C(=O)c2ccccc2)N=C2c3ccccc3S(=O)(=O)N21. The Morgan fingerprint density at radius 1 is 1.04 bits per heavy atom. The molecule has 2 heterocycles. The monoisotopic (exact) mass is 384 g/mol. The maximum Gasteiger partial charge on any atom is 0.277 e. The van der Waals surface area contributed by atoms with Gasteiger partial charge in [-0.3, -0.25) is 9.69 Å². The normalized spacial score (nSPS) is 19.8. The average Bonchev–Trinajstić information content (AvgIpc) is 3.19. The fourth-order valence-corrected chi connectivity index (χ4v) is 5.25. The Kier molecular flexibility index (Phi) is 4.24. The summed E-state index contributed by atoms with van der Waals surface area (Å²) < 4.78 is 27.7. The molecule has 7 nitrogen and oxygen atoms in total. The van der Waals surface area contributed by atoms with Crippen LogP contribution in [0, 0.1) is 0 Å². The molecule has 140 valence electrons.